The van der Waals surface area contributed by atoms with Gasteiger partial charge in [0.05, 0.1) is 25.2 Å². The largest absolute Gasteiger partial charge is 0.466 e. The second kappa shape index (κ2) is 7.33. The molecule has 0 aromatic heterocycles. The van der Waals surface area contributed by atoms with E-state index in [-0.39, 0.29) is 28.2 Å². The molecule has 21 heavy (non-hydrogen) atoms. The van der Waals surface area contributed by atoms with Crippen LogP contribution in [0.3, 0.4) is 0 Å². The van der Waals surface area contributed by atoms with Crippen LogP contribution in [-0.2, 0) is 22.6 Å². The second-order valence-electron chi connectivity index (χ2n) is 3.93. The maximum atomic E-state index is 12.6. The number of rotatable bonds is 5. The van der Waals surface area contributed by atoms with Gasteiger partial charge < -0.3 is 9.84 Å². The van der Waals surface area contributed by atoms with Crippen molar-refractivity contribution >= 4 is 17.7 Å². The van der Waals surface area contributed by atoms with Crippen LogP contribution in [0.4, 0.5) is 13.2 Å². The van der Waals surface area contributed by atoms with Crippen molar-refractivity contribution in [2.45, 2.75) is 30.4 Å². The zero-order valence-corrected chi connectivity index (χ0v) is 11.8. The molecule has 1 rings (SSSR count). The third kappa shape index (κ3) is 5.28. The SMILES string of the molecule is CCOC(=O)Cc1cc(CO)cc(C#N)c1SC(F)(F)F. The van der Waals surface area contributed by atoms with Gasteiger partial charge in [-0.1, -0.05) is 6.07 Å². The summed E-state index contributed by atoms with van der Waals surface area (Å²) in [5.41, 5.74) is -4.55. The lowest BCUT2D eigenvalue weighted by Crippen LogP contribution is -2.11. The van der Waals surface area contributed by atoms with E-state index in [1.807, 2.05) is 0 Å². The molecule has 0 saturated carbocycles. The van der Waals surface area contributed by atoms with Crippen molar-refractivity contribution < 1.29 is 27.8 Å². The molecule has 114 valence electrons. The maximum absolute atomic E-state index is 12.6. The highest BCUT2D eigenvalue weighted by Crippen LogP contribution is 2.41. The number of alkyl halides is 3. The minimum Gasteiger partial charge on any atom is -0.466 e. The summed E-state index contributed by atoms with van der Waals surface area (Å²) in [6.45, 7) is 1.24. The molecule has 0 saturated heterocycles. The Balaban J connectivity index is 3.29. The van der Waals surface area contributed by atoms with E-state index in [0.29, 0.717) is 0 Å². The zero-order chi connectivity index (χ0) is 16.0. The van der Waals surface area contributed by atoms with Crippen LogP contribution in [0.15, 0.2) is 17.0 Å². The number of aliphatic hydroxyl groups is 1. The average Bonchev–Trinajstić information content (AvgIpc) is 2.39. The van der Waals surface area contributed by atoms with Gasteiger partial charge in [-0.05, 0) is 35.9 Å². The van der Waals surface area contributed by atoms with Crippen molar-refractivity contribution in [3.63, 3.8) is 0 Å². The molecule has 1 aromatic rings. The second-order valence-corrected chi connectivity index (χ2v) is 5.01. The number of benzene rings is 1. The van der Waals surface area contributed by atoms with Crippen molar-refractivity contribution in [2.75, 3.05) is 6.61 Å². The number of nitrogens with zero attached hydrogens (tertiary/aromatic N) is 1. The van der Waals surface area contributed by atoms with E-state index in [1.165, 1.54) is 12.1 Å². The summed E-state index contributed by atoms with van der Waals surface area (Å²) in [5.74, 6) is -0.694. The van der Waals surface area contributed by atoms with Crippen molar-refractivity contribution in [3.8, 4) is 6.07 Å². The van der Waals surface area contributed by atoms with E-state index >= 15 is 0 Å². The fourth-order valence-electron chi connectivity index (χ4n) is 1.66. The summed E-state index contributed by atoms with van der Waals surface area (Å²) >= 11 is -0.454. The van der Waals surface area contributed by atoms with Gasteiger partial charge in [0.2, 0.25) is 0 Å². The smallest absolute Gasteiger partial charge is 0.446 e. The van der Waals surface area contributed by atoms with Crippen LogP contribution in [0.5, 0.6) is 0 Å². The van der Waals surface area contributed by atoms with Crippen LogP contribution < -0.4 is 0 Å². The molecule has 1 N–H and O–H groups in total. The summed E-state index contributed by atoms with van der Waals surface area (Å²) in [5, 5.41) is 18.1. The van der Waals surface area contributed by atoms with Gasteiger partial charge in [-0.15, -0.1) is 0 Å². The number of nitriles is 1. The lowest BCUT2D eigenvalue weighted by Gasteiger charge is -2.14. The molecule has 0 amide bonds. The molecule has 0 aliphatic heterocycles. The van der Waals surface area contributed by atoms with Gasteiger partial charge in [-0.3, -0.25) is 4.79 Å². The minimum absolute atomic E-state index is 0.0128. The Hall–Kier alpha value is -1.72. The third-order valence-electron chi connectivity index (χ3n) is 2.39. The van der Waals surface area contributed by atoms with E-state index in [1.54, 1.807) is 13.0 Å². The van der Waals surface area contributed by atoms with Gasteiger partial charge in [0.1, 0.15) is 6.07 Å². The van der Waals surface area contributed by atoms with Gasteiger partial charge in [-0.2, -0.15) is 18.4 Å². The predicted octanol–water partition coefficient (Wildman–Crippen LogP) is 2.77. The van der Waals surface area contributed by atoms with Crippen molar-refractivity contribution in [1.29, 1.82) is 5.26 Å². The number of hydrogen-bond donors (Lipinski definition) is 1. The topological polar surface area (TPSA) is 70.3 Å². The van der Waals surface area contributed by atoms with Gasteiger partial charge in [0.25, 0.3) is 0 Å². The standard InChI is InChI=1S/C13H12F3NO3S/c1-2-20-11(19)5-9-3-8(7-18)4-10(6-17)12(9)21-13(14,15)16/h3-4,18H,2,5,7H2,1H3. The van der Waals surface area contributed by atoms with E-state index in [4.69, 9.17) is 15.1 Å². The number of aliphatic hydroxyl groups excluding tert-OH is 1. The van der Waals surface area contributed by atoms with Gasteiger partial charge in [0, 0.05) is 4.90 Å². The lowest BCUT2D eigenvalue weighted by molar-refractivity contribution is -0.142. The molecule has 0 aliphatic rings. The number of halogens is 3. The number of ether oxygens (including phenoxy) is 1. The molecule has 0 atom stereocenters. The molecule has 0 heterocycles. The fourth-order valence-corrected chi connectivity index (χ4v) is 2.37. The molecular formula is C13H12F3NO3S. The molecule has 0 radical (unpaired) electrons. The van der Waals surface area contributed by atoms with E-state index in [2.05, 4.69) is 0 Å². The minimum atomic E-state index is -4.59. The Morgan fingerprint density at radius 1 is 1.48 bits per heavy atom. The Labute approximate surface area is 123 Å². The lowest BCUT2D eigenvalue weighted by atomic mass is 10.0. The molecule has 0 spiro atoms. The number of thioether (sulfide) groups is 1. The highest BCUT2D eigenvalue weighted by molar-refractivity contribution is 8.00. The average molecular weight is 319 g/mol. The molecule has 0 fully saturated rings. The molecular weight excluding hydrogens is 307 g/mol. The third-order valence-corrected chi connectivity index (χ3v) is 3.30. The van der Waals surface area contributed by atoms with Crippen molar-refractivity contribution in [2.24, 2.45) is 0 Å². The van der Waals surface area contributed by atoms with Gasteiger partial charge in [0.15, 0.2) is 0 Å². The molecule has 4 nitrogen and oxygen atoms in total. The normalized spacial score (nSPS) is 11.0. The molecule has 1 aromatic carbocycles. The Morgan fingerprint density at radius 3 is 2.62 bits per heavy atom. The maximum Gasteiger partial charge on any atom is 0.446 e. The Kier molecular flexibility index (Phi) is 6.05. The van der Waals surface area contributed by atoms with Crippen LogP contribution in [0.25, 0.3) is 0 Å². The first-order valence-electron chi connectivity index (χ1n) is 5.88. The summed E-state index contributed by atoms with van der Waals surface area (Å²) < 4.78 is 42.5. The van der Waals surface area contributed by atoms with Gasteiger partial charge in [-0.25, -0.2) is 0 Å². The van der Waals surface area contributed by atoms with Gasteiger partial charge >= 0.3 is 11.5 Å². The summed E-state index contributed by atoms with van der Waals surface area (Å²) in [6.07, 6.45) is -0.394. The quantitative estimate of drug-likeness (QED) is 0.667. The van der Waals surface area contributed by atoms with E-state index in [9.17, 15) is 18.0 Å². The van der Waals surface area contributed by atoms with E-state index in [0.717, 1.165) is 0 Å². The first-order chi connectivity index (χ1) is 9.80. The summed E-state index contributed by atoms with van der Waals surface area (Å²) in [7, 11) is 0. The molecule has 0 bridgehead atoms. The molecule has 0 aliphatic carbocycles. The molecule has 8 heteroatoms. The van der Waals surface area contributed by atoms with Crippen LogP contribution in [-0.4, -0.2) is 23.2 Å². The number of esters is 1. The Morgan fingerprint density at radius 2 is 2.14 bits per heavy atom. The summed E-state index contributed by atoms with van der Waals surface area (Å²) in [4.78, 5) is 11.1. The zero-order valence-electron chi connectivity index (χ0n) is 11.0. The number of hydrogen-bond acceptors (Lipinski definition) is 5. The predicted molar refractivity (Wildman–Crippen MR) is 69.3 cm³/mol. The Bertz CT molecular complexity index is 567. The molecule has 0 unspecified atom stereocenters. The van der Waals surface area contributed by atoms with E-state index < -0.39 is 36.3 Å². The van der Waals surface area contributed by atoms with Crippen LogP contribution in [0.2, 0.25) is 0 Å². The fraction of sp³-hybridized carbons (Fsp3) is 0.385. The summed E-state index contributed by atoms with van der Waals surface area (Å²) in [6, 6.07) is 4.09. The number of carbonyl (C=O) groups excluding carboxylic acids is 1. The van der Waals surface area contributed by atoms with Crippen LogP contribution in [0.1, 0.15) is 23.6 Å². The monoisotopic (exact) mass is 319 g/mol. The van der Waals surface area contributed by atoms with Crippen molar-refractivity contribution in [3.05, 3.63) is 28.8 Å². The first kappa shape index (κ1) is 17.3. The first-order valence-corrected chi connectivity index (χ1v) is 6.70. The van der Waals surface area contributed by atoms with Crippen LogP contribution >= 0.6 is 11.8 Å². The van der Waals surface area contributed by atoms with Crippen molar-refractivity contribution in [1.82, 2.24) is 0 Å². The highest BCUT2D eigenvalue weighted by Gasteiger charge is 2.32. The highest BCUT2D eigenvalue weighted by atomic mass is 32.2. The van der Waals surface area contributed by atoms with Crippen LogP contribution in [0, 0.1) is 11.3 Å². The number of carbonyl (C=O) groups is 1.